The highest BCUT2D eigenvalue weighted by Gasteiger charge is 2.25. The number of aliphatic hydroxyl groups excluding tert-OH is 1. The first kappa shape index (κ1) is 12.8. The fraction of sp³-hybridized carbons (Fsp3) is 0.538. The quantitative estimate of drug-likeness (QED) is 0.896. The minimum Gasteiger partial charge on any atom is -0.394 e. The Bertz CT molecular complexity index is 372. The van der Waals surface area contributed by atoms with E-state index in [-0.39, 0.29) is 12.7 Å². The zero-order chi connectivity index (χ0) is 12.3. The molecule has 3 nitrogen and oxygen atoms in total. The topological polar surface area (TPSA) is 32.7 Å². The summed E-state index contributed by atoms with van der Waals surface area (Å²) in [5.41, 5.74) is 1.12. The van der Waals surface area contributed by atoms with Gasteiger partial charge in [0.1, 0.15) is 0 Å². The Morgan fingerprint density at radius 1 is 1.47 bits per heavy atom. The molecule has 0 spiro atoms. The van der Waals surface area contributed by atoms with Crippen LogP contribution in [0, 0.1) is 0 Å². The first-order valence-electron chi connectivity index (χ1n) is 5.90. The van der Waals surface area contributed by atoms with E-state index in [0.29, 0.717) is 12.6 Å². The number of aliphatic hydroxyl groups is 1. The predicted molar refractivity (Wildman–Crippen MR) is 68.1 cm³/mol. The first-order chi connectivity index (χ1) is 8.20. The maximum Gasteiger partial charge on any atom is 0.0933 e. The summed E-state index contributed by atoms with van der Waals surface area (Å²) in [4.78, 5) is 2.30. The Kier molecular flexibility index (Phi) is 4.40. The highest BCUT2D eigenvalue weighted by molar-refractivity contribution is 6.31. The molecular formula is C13H18ClNO2. The molecular weight excluding hydrogens is 238 g/mol. The van der Waals surface area contributed by atoms with Gasteiger partial charge in [-0.1, -0.05) is 29.8 Å². The van der Waals surface area contributed by atoms with Gasteiger partial charge in [-0.3, -0.25) is 4.90 Å². The molecule has 17 heavy (non-hydrogen) atoms. The van der Waals surface area contributed by atoms with Crippen molar-refractivity contribution in [1.82, 2.24) is 4.90 Å². The lowest BCUT2D eigenvalue weighted by Crippen LogP contribution is -2.48. The highest BCUT2D eigenvalue weighted by atomic mass is 35.5. The summed E-state index contributed by atoms with van der Waals surface area (Å²) in [6, 6.07) is 8.24. The maximum atomic E-state index is 9.14. The van der Waals surface area contributed by atoms with Crippen LogP contribution in [0.15, 0.2) is 24.3 Å². The number of ether oxygens (including phenoxy) is 1. The Hall–Kier alpha value is -0.610. The summed E-state index contributed by atoms with van der Waals surface area (Å²) in [6.07, 6.45) is -0.0753. The van der Waals surface area contributed by atoms with Crippen LogP contribution in [0.5, 0.6) is 0 Å². The molecule has 1 aliphatic heterocycles. The zero-order valence-electron chi connectivity index (χ0n) is 9.97. The first-order valence-corrected chi connectivity index (χ1v) is 6.28. The van der Waals surface area contributed by atoms with Crippen LogP contribution in [0.2, 0.25) is 5.02 Å². The normalized spacial score (nSPS) is 26.1. The van der Waals surface area contributed by atoms with Crippen molar-refractivity contribution in [2.75, 3.05) is 19.8 Å². The Balaban J connectivity index is 2.04. The molecule has 1 fully saturated rings. The molecule has 0 radical (unpaired) electrons. The summed E-state index contributed by atoms with van der Waals surface area (Å²) in [7, 11) is 0. The van der Waals surface area contributed by atoms with Gasteiger partial charge in [-0.05, 0) is 18.6 Å². The van der Waals surface area contributed by atoms with Crippen LogP contribution in [0.3, 0.4) is 0 Å². The smallest absolute Gasteiger partial charge is 0.0933 e. The Morgan fingerprint density at radius 2 is 2.24 bits per heavy atom. The third kappa shape index (κ3) is 3.19. The van der Waals surface area contributed by atoms with Crippen molar-refractivity contribution in [3.8, 4) is 0 Å². The minimum absolute atomic E-state index is 0.0751. The summed E-state index contributed by atoms with van der Waals surface area (Å²) >= 11 is 6.15. The second-order valence-electron chi connectivity index (χ2n) is 4.51. The Labute approximate surface area is 107 Å². The van der Waals surface area contributed by atoms with Crippen LogP contribution >= 0.6 is 11.6 Å². The van der Waals surface area contributed by atoms with Gasteiger partial charge < -0.3 is 9.84 Å². The van der Waals surface area contributed by atoms with Crippen LogP contribution in [-0.2, 0) is 11.3 Å². The fourth-order valence-corrected chi connectivity index (χ4v) is 2.25. The van der Waals surface area contributed by atoms with E-state index in [0.717, 1.165) is 23.7 Å². The van der Waals surface area contributed by atoms with E-state index >= 15 is 0 Å². The molecule has 0 bridgehead atoms. The summed E-state index contributed by atoms with van der Waals surface area (Å²) < 4.78 is 5.51. The van der Waals surface area contributed by atoms with Gasteiger partial charge in [0, 0.05) is 24.2 Å². The fourth-order valence-electron chi connectivity index (χ4n) is 2.05. The lowest BCUT2D eigenvalue weighted by atomic mass is 10.1. The van der Waals surface area contributed by atoms with Crippen molar-refractivity contribution in [1.29, 1.82) is 0 Å². The van der Waals surface area contributed by atoms with Crippen LogP contribution in [0.25, 0.3) is 0 Å². The molecule has 0 amide bonds. The molecule has 2 unspecified atom stereocenters. The lowest BCUT2D eigenvalue weighted by molar-refractivity contribution is -0.0805. The van der Waals surface area contributed by atoms with Crippen molar-refractivity contribution < 1.29 is 9.84 Å². The molecule has 0 aromatic heterocycles. The van der Waals surface area contributed by atoms with E-state index in [1.165, 1.54) is 0 Å². The largest absolute Gasteiger partial charge is 0.394 e. The van der Waals surface area contributed by atoms with Gasteiger partial charge in [0.15, 0.2) is 0 Å². The van der Waals surface area contributed by atoms with Gasteiger partial charge in [0.05, 0.1) is 19.3 Å². The molecule has 1 N–H and O–H groups in total. The SMILES string of the molecule is CC1COC(CO)CN1Cc1ccccc1Cl. The van der Waals surface area contributed by atoms with Gasteiger partial charge in [-0.15, -0.1) is 0 Å². The van der Waals surface area contributed by atoms with Crippen LogP contribution < -0.4 is 0 Å². The van der Waals surface area contributed by atoms with Crippen molar-refractivity contribution in [3.63, 3.8) is 0 Å². The third-order valence-electron chi connectivity index (χ3n) is 3.17. The molecule has 1 aromatic rings. The van der Waals surface area contributed by atoms with E-state index in [2.05, 4.69) is 11.8 Å². The van der Waals surface area contributed by atoms with Gasteiger partial charge >= 0.3 is 0 Å². The predicted octanol–water partition coefficient (Wildman–Crippen LogP) is 1.92. The molecule has 1 saturated heterocycles. The molecule has 1 aromatic carbocycles. The van der Waals surface area contributed by atoms with Crippen LogP contribution in [0.4, 0.5) is 0 Å². The number of hydrogen-bond acceptors (Lipinski definition) is 3. The average molecular weight is 256 g/mol. The molecule has 0 aliphatic carbocycles. The average Bonchev–Trinajstić information content (AvgIpc) is 2.35. The second kappa shape index (κ2) is 5.83. The monoisotopic (exact) mass is 255 g/mol. The zero-order valence-corrected chi connectivity index (χ0v) is 10.7. The summed E-state index contributed by atoms with van der Waals surface area (Å²) in [5, 5.41) is 9.94. The maximum absolute atomic E-state index is 9.14. The van der Waals surface area contributed by atoms with E-state index in [1.54, 1.807) is 0 Å². The number of morpholine rings is 1. The van der Waals surface area contributed by atoms with Gasteiger partial charge in [0.25, 0.3) is 0 Å². The standard InChI is InChI=1S/C13H18ClNO2/c1-10-9-17-12(8-16)7-15(10)6-11-4-2-3-5-13(11)14/h2-5,10,12,16H,6-9H2,1H3. The number of halogens is 1. The third-order valence-corrected chi connectivity index (χ3v) is 3.54. The van der Waals surface area contributed by atoms with E-state index < -0.39 is 0 Å². The summed E-state index contributed by atoms with van der Waals surface area (Å²) in [5.74, 6) is 0. The molecule has 4 heteroatoms. The molecule has 1 heterocycles. The highest BCUT2D eigenvalue weighted by Crippen LogP contribution is 2.20. The van der Waals surface area contributed by atoms with E-state index in [1.807, 2.05) is 24.3 Å². The number of rotatable bonds is 3. The molecule has 94 valence electrons. The van der Waals surface area contributed by atoms with Crippen molar-refractivity contribution in [2.45, 2.75) is 25.6 Å². The lowest BCUT2D eigenvalue weighted by Gasteiger charge is -2.37. The van der Waals surface area contributed by atoms with Crippen LogP contribution in [0.1, 0.15) is 12.5 Å². The molecule has 1 aliphatic rings. The van der Waals surface area contributed by atoms with Gasteiger partial charge in [-0.25, -0.2) is 0 Å². The van der Waals surface area contributed by atoms with Crippen molar-refractivity contribution in [2.24, 2.45) is 0 Å². The molecule has 2 atom stereocenters. The Morgan fingerprint density at radius 3 is 2.94 bits per heavy atom. The van der Waals surface area contributed by atoms with Crippen molar-refractivity contribution >= 4 is 11.6 Å². The van der Waals surface area contributed by atoms with E-state index in [9.17, 15) is 0 Å². The molecule has 0 saturated carbocycles. The van der Waals surface area contributed by atoms with Crippen LogP contribution in [-0.4, -0.2) is 41.9 Å². The molecule has 2 rings (SSSR count). The number of benzene rings is 1. The second-order valence-corrected chi connectivity index (χ2v) is 4.91. The van der Waals surface area contributed by atoms with Crippen molar-refractivity contribution in [3.05, 3.63) is 34.9 Å². The van der Waals surface area contributed by atoms with Gasteiger partial charge in [-0.2, -0.15) is 0 Å². The number of nitrogens with zero attached hydrogens (tertiary/aromatic N) is 1. The number of hydrogen-bond donors (Lipinski definition) is 1. The van der Waals surface area contributed by atoms with E-state index in [4.69, 9.17) is 21.4 Å². The summed E-state index contributed by atoms with van der Waals surface area (Å²) in [6.45, 7) is 4.43. The van der Waals surface area contributed by atoms with Gasteiger partial charge in [0.2, 0.25) is 0 Å². The minimum atomic E-state index is -0.0753.